The van der Waals surface area contributed by atoms with E-state index in [1.165, 1.54) is 0 Å². The number of hydrogen-bond donors (Lipinski definition) is 0. The fraction of sp³-hybridized carbons (Fsp3) is 0.346. The second kappa shape index (κ2) is 9.73. The number of benzene rings is 2. The maximum atomic E-state index is 12.9. The Labute approximate surface area is 184 Å². The van der Waals surface area contributed by atoms with Crippen molar-refractivity contribution in [1.29, 1.82) is 0 Å². The van der Waals surface area contributed by atoms with Gasteiger partial charge < -0.3 is 18.9 Å². The second-order valence-electron chi connectivity index (χ2n) is 7.65. The average Bonchev–Trinajstić information content (AvgIpc) is 2.80. The van der Waals surface area contributed by atoms with Crippen molar-refractivity contribution in [3.63, 3.8) is 0 Å². The van der Waals surface area contributed by atoms with Crippen molar-refractivity contribution < 1.29 is 23.7 Å². The summed E-state index contributed by atoms with van der Waals surface area (Å²) < 4.78 is 21.8. The van der Waals surface area contributed by atoms with Gasteiger partial charge in [-0.15, -0.1) is 0 Å². The standard InChI is InChI=1S/C26H30O5/c1-16-21(10-7-18-13-19(28-3)8-11-25(18)30-5)17(2)24(27)15-22(16)23-14-20(29-4)9-12-26(23)31-6/h7-14,16,22H,15H2,1-6H3/b10-7-/t16-,22+/m0/s1. The highest BCUT2D eigenvalue weighted by Crippen LogP contribution is 2.44. The van der Waals surface area contributed by atoms with Gasteiger partial charge in [0.05, 0.1) is 28.4 Å². The Morgan fingerprint density at radius 1 is 0.839 bits per heavy atom. The van der Waals surface area contributed by atoms with Crippen LogP contribution in [-0.2, 0) is 4.79 Å². The molecule has 0 heterocycles. The summed E-state index contributed by atoms with van der Waals surface area (Å²) in [6, 6.07) is 11.4. The van der Waals surface area contributed by atoms with Crippen molar-refractivity contribution in [1.82, 2.24) is 0 Å². The van der Waals surface area contributed by atoms with Crippen LogP contribution >= 0.6 is 0 Å². The molecule has 0 N–H and O–H groups in total. The molecule has 0 fully saturated rings. The minimum atomic E-state index is -0.00638. The van der Waals surface area contributed by atoms with Gasteiger partial charge in [-0.05, 0) is 60.4 Å². The normalized spacial score (nSPS) is 19.0. The lowest BCUT2D eigenvalue weighted by atomic mass is 9.72. The number of ether oxygens (including phenoxy) is 4. The maximum absolute atomic E-state index is 12.9. The molecular weight excluding hydrogens is 392 g/mol. The molecule has 0 bridgehead atoms. The van der Waals surface area contributed by atoms with Gasteiger partial charge >= 0.3 is 0 Å². The van der Waals surface area contributed by atoms with E-state index < -0.39 is 0 Å². The average molecular weight is 423 g/mol. The zero-order valence-corrected chi connectivity index (χ0v) is 19.0. The van der Waals surface area contributed by atoms with Crippen LogP contribution in [0.3, 0.4) is 0 Å². The van der Waals surface area contributed by atoms with Crippen LogP contribution in [0.5, 0.6) is 23.0 Å². The third-order valence-corrected chi connectivity index (χ3v) is 6.07. The molecule has 0 saturated heterocycles. The molecular formula is C26H30O5. The second-order valence-corrected chi connectivity index (χ2v) is 7.65. The highest BCUT2D eigenvalue weighted by Gasteiger charge is 2.33. The molecule has 3 rings (SSSR count). The lowest BCUT2D eigenvalue weighted by Gasteiger charge is -2.32. The molecule has 0 radical (unpaired) electrons. The maximum Gasteiger partial charge on any atom is 0.159 e. The Kier molecular flexibility index (Phi) is 7.06. The molecule has 31 heavy (non-hydrogen) atoms. The predicted octanol–water partition coefficient (Wildman–Crippen LogP) is 5.44. The highest BCUT2D eigenvalue weighted by molar-refractivity contribution is 5.98. The fourth-order valence-electron chi connectivity index (χ4n) is 4.18. The molecule has 0 amide bonds. The van der Waals surface area contributed by atoms with Gasteiger partial charge in [-0.3, -0.25) is 4.79 Å². The number of Topliss-reactive ketones (excluding diaryl/α,β-unsaturated/α-hetero) is 1. The first kappa shape index (κ1) is 22.5. The van der Waals surface area contributed by atoms with Crippen LogP contribution in [0.15, 0.2) is 53.6 Å². The van der Waals surface area contributed by atoms with E-state index in [9.17, 15) is 4.79 Å². The SMILES string of the molecule is COc1ccc(OC)c(/C=C\C2=C(C)C(=O)C[C@@H](c3cc(OC)ccc3OC)[C@H]2C)c1. The zero-order chi connectivity index (χ0) is 22.5. The van der Waals surface area contributed by atoms with Crippen LogP contribution < -0.4 is 18.9 Å². The summed E-state index contributed by atoms with van der Waals surface area (Å²) in [7, 11) is 6.57. The summed E-state index contributed by atoms with van der Waals surface area (Å²) in [4.78, 5) is 12.9. The van der Waals surface area contributed by atoms with Crippen LogP contribution in [0.1, 0.15) is 37.3 Å². The minimum absolute atomic E-state index is 0.00638. The van der Waals surface area contributed by atoms with Crippen molar-refractivity contribution in [2.75, 3.05) is 28.4 Å². The van der Waals surface area contributed by atoms with Crippen LogP contribution in [0.2, 0.25) is 0 Å². The number of allylic oxidation sites excluding steroid dienone is 3. The molecule has 2 aromatic rings. The molecule has 1 aliphatic rings. The zero-order valence-electron chi connectivity index (χ0n) is 19.0. The van der Waals surface area contributed by atoms with Gasteiger partial charge in [0.2, 0.25) is 0 Å². The molecule has 0 saturated carbocycles. The van der Waals surface area contributed by atoms with Crippen LogP contribution in [0, 0.1) is 5.92 Å². The first-order chi connectivity index (χ1) is 14.9. The summed E-state index contributed by atoms with van der Waals surface area (Å²) in [5.74, 6) is 3.27. The summed E-state index contributed by atoms with van der Waals surface area (Å²) >= 11 is 0. The van der Waals surface area contributed by atoms with Gasteiger partial charge in [0, 0.05) is 23.5 Å². The van der Waals surface area contributed by atoms with Crippen LogP contribution in [-0.4, -0.2) is 34.2 Å². The van der Waals surface area contributed by atoms with Gasteiger partial charge in [0.15, 0.2) is 5.78 Å². The summed E-state index contributed by atoms with van der Waals surface area (Å²) in [5, 5.41) is 0. The van der Waals surface area contributed by atoms with E-state index in [1.54, 1.807) is 28.4 Å². The van der Waals surface area contributed by atoms with Crippen molar-refractivity contribution in [2.24, 2.45) is 5.92 Å². The van der Waals surface area contributed by atoms with Gasteiger partial charge in [0.1, 0.15) is 23.0 Å². The number of rotatable bonds is 7. The van der Waals surface area contributed by atoms with Crippen LogP contribution in [0.25, 0.3) is 6.08 Å². The van der Waals surface area contributed by atoms with E-state index in [1.807, 2.05) is 55.5 Å². The lowest BCUT2D eigenvalue weighted by Crippen LogP contribution is -2.24. The minimum Gasteiger partial charge on any atom is -0.497 e. The predicted molar refractivity (Wildman–Crippen MR) is 122 cm³/mol. The monoisotopic (exact) mass is 422 g/mol. The first-order valence-corrected chi connectivity index (χ1v) is 10.3. The van der Waals surface area contributed by atoms with Gasteiger partial charge in [-0.1, -0.05) is 19.1 Å². The first-order valence-electron chi connectivity index (χ1n) is 10.3. The topological polar surface area (TPSA) is 54.0 Å². The quantitative estimate of drug-likeness (QED) is 0.594. The fourth-order valence-corrected chi connectivity index (χ4v) is 4.18. The Balaban J connectivity index is 2.01. The number of carbonyl (C=O) groups excluding carboxylic acids is 1. The Morgan fingerprint density at radius 3 is 2.06 bits per heavy atom. The van der Waals surface area contributed by atoms with E-state index in [2.05, 4.69) is 6.92 Å². The Hall–Kier alpha value is -3.21. The summed E-state index contributed by atoms with van der Waals surface area (Å²) in [5.41, 5.74) is 3.68. The smallest absolute Gasteiger partial charge is 0.159 e. The van der Waals surface area contributed by atoms with E-state index in [0.717, 1.165) is 45.3 Å². The summed E-state index contributed by atoms with van der Waals surface area (Å²) in [6.45, 7) is 4.06. The number of hydrogen-bond acceptors (Lipinski definition) is 5. The largest absolute Gasteiger partial charge is 0.497 e. The third-order valence-electron chi connectivity index (χ3n) is 6.07. The number of methoxy groups -OCH3 is 4. The van der Waals surface area contributed by atoms with E-state index in [-0.39, 0.29) is 17.6 Å². The molecule has 5 heteroatoms. The molecule has 0 aromatic heterocycles. The van der Waals surface area contributed by atoms with Crippen molar-refractivity contribution in [3.8, 4) is 23.0 Å². The Bertz CT molecular complexity index is 1020. The van der Waals surface area contributed by atoms with E-state index in [4.69, 9.17) is 18.9 Å². The van der Waals surface area contributed by atoms with Gasteiger partial charge in [0.25, 0.3) is 0 Å². The van der Waals surface area contributed by atoms with Crippen LogP contribution in [0.4, 0.5) is 0 Å². The highest BCUT2D eigenvalue weighted by atomic mass is 16.5. The van der Waals surface area contributed by atoms with Crippen molar-refractivity contribution >= 4 is 11.9 Å². The molecule has 2 atom stereocenters. The van der Waals surface area contributed by atoms with Gasteiger partial charge in [-0.25, -0.2) is 0 Å². The van der Waals surface area contributed by atoms with Crippen molar-refractivity contribution in [2.45, 2.75) is 26.2 Å². The molecule has 0 unspecified atom stereocenters. The Morgan fingerprint density at radius 2 is 1.45 bits per heavy atom. The molecule has 0 spiro atoms. The molecule has 164 valence electrons. The number of ketones is 1. The lowest BCUT2D eigenvalue weighted by molar-refractivity contribution is -0.116. The summed E-state index contributed by atoms with van der Waals surface area (Å²) in [6.07, 6.45) is 4.44. The van der Waals surface area contributed by atoms with E-state index in [0.29, 0.717) is 6.42 Å². The van der Waals surface area contributed by atoms with E-state index >= 15 is 0 Å². The molecule has 1 aliphatic carbocycles. The third kappa shape index (κ3) is 4.61. The molecule has 5 nitrogen and oxygen atoms in total. The molecule has 2 aromatic carbocycles. The number of carbonyl (C=O) groups is 1. The van der Waals surface area contributed by atoms with Gasteiger partial charge in [-0.2, -0.15) is 0 Å². The van der Waals surface area contributed by atoms with Crippen molar-refractivity contribution in [3.05, 3.63) is 64.7 Å². The molecule has 0 aliphatic heterocycles.